The molecule has 0 aromatic carbocycles. The highest BCUT2D eigenvalue weighted by atomic mass is 16.3. The van der Waals surface area contributed by atoms with Crippen LogP contribution in [0.2, 0.25) is 0 Å². The molecule has 3 heteroatoms. The van der Waals surface area contributed by atoms with Crippen molar-refractivity contribution in [1.82, 2.24) is 0 Å². The molecule has 0 aliphatic heterocycles. The number of aliphatic hydroxyl groups excluding tert-OH is 3. The second-order valence-electron chi connectivity index (χ2n) is 9.49. The predicted octanol–water partition coefficient (Wildman–Crippen LogP) is 3.28. The van der Waals surface area contributed by atoms with Crippen molar-refractivity contribution in [3.05, 3.63) is 11.6 Å². The van der Waals surface area contributed by atoms with Gasteiger partial charge in [-0.25, -0.2) is 0 Å². The van der Waals surface area contributed by atoms with Gasteiger partial charge in [-0.3, -0.25) is 0 Å². The molecule has 3 rings (SSSR count). The van der Waals surface area contributed by atoms with Gasteiger partial charge in [-0.1, -0.05) is 39.3 Å². The van der Waals surface area contributed by atoms with E-state index in [1.54, 1.807) is 0 Å². The van der Waals surface area contributed by atoms with E-state index in [1.165, 1.54) is 5.57 Å². The highest BCUT2D eigenvalue weighted by Crippen LogP contribution is 2.63. The van der Waals surface area contributed by atoms with E-state index in [9.17, 15) is 15.3 Å². The molecule has 0 bridgehead atoms. The first-order chi connectivity index (χ1) is 10.6. The third kappa shape index (κ3) is 2.51. The van der Waals surface area contributed by atoms with Gasteiger partial charge in [0.25, 0.3) is 0 Å². The van der Waals surface area contributed by atoms with Crippen molar-refractivity contribution in [3.63, 3.8) is 0 Å². The second-order valence-corrected chi connectivity index (χ2v) is 9.49. The van der Waals surface area contributed by atoms with Gasteiger partial charge in [-0.2, -0.15) is 0 Å². The van der Waals surface area contributed by atoms with Gasteiger partial charge in [-0.15, -0.1) is 0 Å². The molecule has 3 N–H and O–H groups in total. The molecule has 1 unspecified atom stereocenters. The van der Waals surface area contributed by atoms with E-state index in [2.05, 4.69) is 33.8 Å². The Labute approximate surface area is 140 Å². The maximum absolute atomic E-state index is 10.5. The quantitative estimate of drug-likeness (QED) is 0.684. The topological polar surface area (TPSA) is 60.7 Å². The zero-order chi connectivity index (χ0) is 17.0. The first-order valence-corrected chi connectivity index (χ1v) is 9.34. The van der Waals surface area contributed by atoms with Crippen LogP contribution in [0.15, 0.2) is 11.6 Å². The van der Waals surface area contributed by atoms with Gasteiger partial charge >= 0.3 is 0 Å². The summed E-state index contributed by atoms with van der Waals surface area (Å²) in [6.07, 6.45) is 7.70. The Morgan fingerprint density at radius 1 is 1.13 bits per heavy atom. The van der Waals surface area contributed by atoms with Crippen LogP contribution in [0.1, 0.15) is 66.2 Å². The molecule has 0 spiro atoms. The minimum atomic E-state index is -0.661. The van der Waals surface area contributed by atoms with Gasteiger partial charge in [0.2, 0.25) is 0 Å². The van der Waals surface area contributed by atoms with Crippen molar-refractivity contribution >= 4 is 0 Å². The summed E-state index contributed by atoms with van der Waals surface area (Å²) in [7, 11) is 0. The van der Waals surface area contributed by atoms with Crippen LogP contribution in [0.5, 0.6) is 0 Å². The zero-order valence-electron chi connectivity index (χ0n) is 15.2. The standard InChI is InChI=1S/C20H34O3/c1-18(2)15-6-5-13-11-19(3,17(23)12-21)9-7-14(13)20(15,4)10-8-16(18)22/h11,14-17,21-23H,5-10,12H2,1-4H3/t14-,15-,16+,17?,19+,20+/m1/s1. The third-order valence-corrected chi connectivity index (χ3v) is 7.90. The van der Waals surface area contributed by atoms with Crippen molar-refractivity contribution in [3.8, 4) is 0 Å². The summed E-state index contributed by atoms with van der Waals surface area (Å²) >= 11 is 0. The smallest absolute Gasteiger partial charge is 0.0858 e. The fraction of sp³-hybridized carbons (Fsp3) is 0.900. The largest absolute Gasteiger partial charge is 0.394 e. The molecule has 0 aromatic rings. The molecule has 0 amide bonds. The van der Waals surface area contributed by atoms with E-state index in [4.69, 9.17) is 0 Å². The van der Waals surface area contributed by atoms with Crippen LogP contribution in [-0.2, 0) is 0 Å². The van der Waals surface area contributed by atoms with Crippen molar-refractivity contribution in [2.24, 2.45) is 28.1 Å². The van der Waals surface area contributed by atoms with Crippen molar-refractivity contribution in [1.29, 1.82) is 0 Å². The predicted molar refractivity (Wildman–Crippen MR) is 91.9 cm³/mol. The Kier molecular flexibility index (Phi) is 4.23. The van der Waals surface area contributed by atoms with E-state index in [1.807, 2.05) is 0 Å². The summed E-state index contributed by atoms with van der Waals surface area (Å²) in [5.41, 5.74) is 1.47. The average molecular weight is 322 g/mol. The van der Waals surface area contributed by atoms with Crippen molar-refractivity contribution in [2.45, 2.75) is 78.4 Å². The van der Waals surface area contributed by atoms with Crippen LogP contribution < -0.4 is 0 Å². The lowest BCUT2D eigenvalue weighted by Gasteiger charge is -2.61. The summed E-state index contributed by atoms with van der Waals surface area (Å²) in [5, 5.41) is 30.1. The normalized spacial score (nSPS) is 47.3. The molecule has 0 saturated heterocycles. The van der Waals surface area contributed by atoms with Gasteiger partial charge < -0.3 is 15.3 Å². The molecule has 3 aliphatic rings. The third-order valence-electron chi connectivity index (χ3n) is 7.90. The zero-order valence-corrected chi connectivity index (χ0v) is 15.2. The molecular weight excluding hydrogens is 288 g/mol. The van der Waals surface area contributed by atoms with Crippen molar-refractivity contribution in [2.75, 3.05) is 6.61 Å². The second kappa shape index (κ2) is 5.57. The number of fused-ring (bicyclic) bond motifs is 3. The van der Waals surface area contributed by atoms with Crippen molar-refractivity contribution < 1.29 is 15.3 Å². The van der Waals surface area contributed by atoms with E-state index in [0.717, 1.165) is 38.5 Å². The molecule has 3 aliphatic carbocycles. The maximum atomic E-state index is 10.5. The van der Waals surface area contributed by atoms with Gasteiger partial charge in [-0.05, 0) is 61.2 Å². The maximum Gasteiger partial charge on any atom is 0.0858 e. The van der Waals surface area contributed by atoms with Gasteiger partial charge in [0.15, 0.2) is 0 Å². The van der Waals surface area contributed by atoms with E-state index in [-0.39, 0.29) is 29.0 Å². The Bertz CT molecular complexity index is 497. The molecule has 132 valence electrons. The lowest BCUT2D eigenvalue weighted by atomic mass is 9.45. The van der Waals surface area contributed by atoms with Crippen LogP contribution in [0.3, 0.4) is 0 Å². The molecule has 3 nitrogen and oxygen atoms in total. The molecule has 0 radical (unpaired) electrons. The average Bonchev–Trinajstić information content (AvgIpc) is 2.50. The van der Waals surface area contributed by atoms with Crippen LogP contribution in [0.25, 0.3) is 0 Å². The number of hydrogen-bond acceptors (Lipinski definition) is 3. The van der Waals surface area contributed by atoms with E-state index in [0.29, 0.717) is 11.8 Å². The minimum Gasteiger partial charge on any atom is -0.394 e. The van der Waals surface area contributed by atoms with Crippen LogP contribution in [0.4, 0.5) is 0 Å². The summed E-state index contributed by atoms with van der Waals surface area (Å²) in [6, 6.07) is 0. The molecule has 2 fully saturated rings. The number of rotatable bonds is 2. The summed E-state index contributed by atoms with van der Waals surface area (Å²) in [5.74, 6) is 1.14. The molecule has 0 aromatic heterocycles. The minimum absolute atomic E-state index is 0.0100. The summed E-state index contributed by atoms with van der Waals surface area (Å²) in [6.45, 7) is 8.85. The fourth-order valence-corrected chi connectivity index (χ4v) is 6.21. The van der Waals surface area contributed by atoms with Gasteiger partial charge in [0.1, 0.15) is 0 Å². The first kappa shape index (κ1) is 17.4. The Hall–Kier alpha value is -0.380. The molecule has 2 saturated carbocycles. The Morgan fingerprint density at radius 2 is 1.83 bits per heavy atom. The molecule has 6 atom stereocenters. The highest BCUT2D eigenvalue weighted by molar-refractivity contribution is 5.25. The van der Waals surface area contributed by atoms with Crippen LogP contribution in [-0.4, -0.2) is 34.1 Å². The lowest BCUT2D eigenvalue weighted by Crippen LogP contribution is -2.55. The highest BCUT2D eigenvalue weighted by Gasteiger charge is 2.57. The van der Waals surface area contributed by atoms with Crippen LogP contribution in [0, 0.1) is 28.1 Å². The number of aliphatic hydroxyl groups is 3. The molecule has 0 heterocycles. The van der Waals surface area contributed by atoms with Gasteiger partial charge in [0.05, 0.1) is 18.8 Å². The Balaban J connectivity index is 1.93. The summed E-state index contributed by atoms with van der Waals surface area (Å²) < 4.78 is 0. The lowest BCUT2D eigenvalue weighted by molar-refractivity contribution is -0.129. The fourth-order valence-electron chi connectivity index (χ4n) is 6.21. The Morgan fingerprint density at radius 3 is 2.48 bits per heavy atom. The molecular formula is C20H34O3. The number of allylic oxidation sites excluding steroid dienone is 1. The number of hydrogen-bond donors (Lipinski definition) is 3. The van der Waals surface area contributed by atoms with E-state index >= 15 is 0 Å². The SMILES string of the molecule is CC1(C)[C@H]2CCC3=C[C@@](C)(C(O)CO)CC[C@H]3[C@]2(C)CC[C@@H]1O. The molecule has 23 heavy (non-hydrogen) atoms. The van der Waals surface area contributed by atoms with Crippen LogP contribution >= 0.6 is 0 Å². The van der Waals surface area contributed by atoms with E-state index < -0.39 is 6.10 Å². The van der Waals surface area contributed by atoms with Gasteiger partial charge in [0, 0.05) is 5.41 Å². The first-order valence-electron chi connectivity index (χ1n) is 9.34. The monoisotopic (exact) mass is 322 g/mol. The summed E-state index contributed by atoms with van der Waals surface area (Å²) in [4.78, 5) is 0.